The lowest BCUT2D eigenvalue weighted by atomic mass is 9.83. The highest BCUT2D eigenvalue weighted by atomic mass is 32.2. The average molecular weight is 571 g/mol. The maximum Gasteiger partial charge on any atom is 0.344 e. The van der Waals surface area contributed by atoms with Crippen LogP contribution in [0.3, 0.4) is 0 Å². The van der Waals surface area contributed by atoms with Crippen molar-refractivity contribution < 1.29 is 33.3 Å². The zero-order chi connectivity index (χ0) is 27.7. The Balaban J connectivity index is 1.54. The van der Waals surface area contributed by atoms with Crippen molar-refractivity contribution >= 4 is 46.6 Å². The molecule has 0 spiro atoms. The number of amides is 2. The lowest BCUT2D eigenvalue weighted by molar-refractivity contribution is -0.145. The van der Waals surface area contributed by atoms with Crippen molar-refractivity contribution in [2.75, 3.05) is 31.8 Å². The summed E-state index contributed by atoms with van der Waals surface area (Å²) in [4.78, 5) is 56.1. The molecule has 2 aromatic carbocycles. The van der Waals surface area contributed by atoms with Crippen molar-refractivity contribution in [3.8, 4) is 17.2 Å². The minimum absolute atomic E-state index is 0.240. The van der Waals surface area contributed by atoms with Crippen molar-refractivity contribution in [2.45, 2.75) is 30.0 Å². The molecule has 0 saturated carbocycles. The maximum absolute atomic E-state index is 13.9. The van der Waals surface area contributed by atoms with Gasteiger partial charge < -0.3 is 23.9 Å². The molecular weight excluding hydrogens is 544 g/mol. The molecule has 0 bridgehead atoms. The number of esters is 1. The third-order valence-electron chi connectivity index (χ3n) is 6.43. The van der Waals surface area contributed by atoms with Crippen molar-refractivity contribution in [3.63, 3.8) is 0 Å². The molecule has 5 rings (SSSR count). The standard InChI is InChI=1S/C27H26N2O8S2/c1-4-35-18-12-14(6-11-17(18)37-13-19(30)36-5-2)20-21-23(38-24-22(20)39-27(33)28-24)26(32)29(25(21)31)15-7-9-16(34-3)10-8-15/h6-12,20-21,23H,4-5,13H2,1-3H3,(H,28,33). The van der Waals surface area contributed by atoms with Crippen LogP contribution < -0.4 is 24.0 Å². The predicted octanol–water partition coefficient (Wildman–Crippen LogP) is 3.58. The molecule has 0 radical (unpaired) electrons. The molecule has 1 fully saturated rings. The first kappa shape index (κ1) is 26.8. The van der Waals surface area contributed by atoms with Crippen LogP contribution >= 0.6 is 23.1 Å². The van der Waals surface area contributed by atoms with E-state index >= 15 is 0 Å². The number of carbonyl (C=O) groups excluding carboxylic acids is 3. The van der Waals surface area contributed by atoms with E-state index in [1.807, 2.05) is 6.92 Å². The molecule has 3 atom stereocenters. The molecule has 204 valence electrons. The number of imide groups is 1. The number of methoxy groups -OCH3 is 1. The second kappa shape index (κ2) is 11.1. The minimum atomic E-state index is -0.746. The second-order valence-electron chi connectivity index (χ2n) is 8.69. The van der Waals surface area contributed by atoms with Crippen molar-refractivity contribution in [1.82, 2.24) is 4.98 Å². The molecule has 1 N–H and O–H groups in total. The zero-order valence-corrected chi connectivity index (χ0v) is 23.1. The van der Waals surface area contributed by atoms with Gasteiger partial charge in [0.05, 0.1) is 37.0 Å². The Morgan fingerprint density at radius 3 is 2.44 bits per heavy atom. The van der Waals surface area contributed by atoms with Gasteiger partial charge in [0.25, 0.3) is 0 Å². The third-order valence-corrected chi connectivity index (χ3v) is 8.83. The van der Waals surface area contributed by atoms with Crippen LogP contribution in [0.5, 0.6) is 17.2 Å². The van der Waals surface area contributed by atoms with Gasteiger partial charge in [-0.1, -0.05) is 29.2 Å². The van der Waals surface area contributed by atoms with Gasteiger partial charge in [0, 0.05) is 10.8 Å². The van der Waals surface area contributed by atoms with E-state index < -0.39 is 23.1 Å². The van der Waals surface area contributed by atoms with Crippen LogP contribution in [-0.2, 0) is 19.1 Å². The number of aromatic amines is 1. The summed E-state index contributed by atoms with van der Waals surface area (Å²) in [6.07, 6.45) is 0. The first-order chi connectivity index (χ1) is 18.9. The van der Waals surface area contributed by atoms with E-state index in [0.29, 0.717) is 45.0 Å². The molecule has 12 heteroatoms. The first-order valence-electron chi connectivity index (χ1n) is 12.3. The highest BCUT2D eigenvalue weighted by Crippen LogP contribution is 2.53. The fourth-order valence-electron chi connectivity index (χ4n) is 4.81. The predicted molar refractivity (Wildman–Crippen MR) is 145 cm³/mol. The summed E-state index contributed by atoms with van der Waals surface area (Å²) in [5.41, 5.74) is 1.14. The smallest absolute Gasteiger partial charge is 0.344 e. The fraction of sp³-hybridized carbons (Fsp3) is 0.333. The molecule has 1 aromatic heterocycles. The number of H-pyrrole nitrogens is 1. The zero-order valence-electron chi connectivity index (χ0n) is 21.4. The number of rotatable bonds is 9. The Bertz CT molecular complexity index is 1470. The lowest BCUT2D eigenvalue weighted by Gasteiger charge is -2.30. The van der Waals surface area contributed by atoms with Gasteiger partial charge >= 0.3 is 10.8 Å². The molecule has 3 unspecified atom stereocenters. The number of fused-ring (bicyclic) bond motifs is 2. The Morgan fingerprint density at radius 1 is 0.974 bits per heavy atom. The van der Waals surface area contributed by atoms with Crippen LogP contribution in [0.15, 0.2) is 52.3 Å². The van der Waals surface area contributed by atoms with Gasteiger partial charge in [0.15, 0.2) is 18.1 Å². The Hall–Kier alpha value is -3.77. The van der Waals surface area contributed by atoms with Crippen molar-refractivity contribution in [3.05, 3.63) is 62.6 Å². The highest BCUT2D eigenvalue weighted by Gasteiger charge is 2.56. The van der Waals surface area contributed by atoms with Crippen LogP contribution in [0.1, 0.15) is 30.2 Å². The van der Waals surface area contributed by atoms with E-state index in [9.17, 15) is 19.2 Å². The highest BCUT2D eigenvalue weighted by molar-refractivity contribution is 8.00. The number of ether oxygens (including phenoxy) is 4. The lowest BCUT2D eigenvalue weighted by Crippen LogP contribution is -2.32. The average Bonchev–Trinajstić information content (AvgIpc) is 3.42. The van der Waals surface area contributed by atoms with E-state index in [-0.39, 0.29) is 29.9 Å². The SMILES string of the molecule is CCOC(=O)COc1ccc(C2c3sc(=O)[nH]c3SC3C(=O)N(c4ccc(OC)cc4)C(=O)C32)cc1OCC. The van der Waals surface area contributed by atoms with E-state index in [1.54, 1.807) is 56.5 Å². The third kappa shape index (κ3) is 5.01. The van der Waals surface area contributed by atoms with Crippen LogP contribution in [0.25, 0.3) is 0 Å². The minimum Gasteiger partial charge on any atom is -0.497 e. The normalized spacial score (nSPS) is 19.9. The molecule has 0 aliphatic carbocycles. The van der Waals surface area contributed by atoms with E-state index in [4.69, 9.17) is 18.9 Å². The quantitative estimate of drug-likeness (QED) is 0.304. The summed E-state index contributed by atoms with van der Waals surface area (Å²) in [5, 5.41) is -0.146. The first-order valence-corrected chi connectivity index (χ1v) is 14.0. The van der Waals surface area contributed by atoms with Crippen LogP contribution in [0.2, 0.25) is 0 Å². The number of aromatic nitrogens is 1. The molecule has 39 heavy (non-hydrogen) atoms. The summed E-state index contributed by atoms with van der Waals surface area (Å²) in [6.45, 7) is 3.81. The van der Waals surface area contributed by atoms with Gasteiger partial charge in [-0.2, -0.15) is 0 Å². The molecule has 2 amide bonds. The Morgan fingerprint density at radius 2 is 1.74 bits per heavy atom. The number of benzene rings is 2. The van der Waals surface area contributed by atoms with Gasteiger partial charge in [-0.15, -0.1) is 0 Å². The fourth-order valence-corrected chi connectivity index (χ4v) is 7.32. The molecule has 2 aliphatic rings. The Kier molecular flexibility index (Phi) is 7.67. The van der Waals surface area contributed by atoms with Gasteiger partial charge in [-0.3, -0.25) is 14.4 Å². The topological polar surface area (TPSA) is 124 Å². The molecule has 3 heterocycles. The summed E-state index contributed by atoms with van der Waals surface area (Å²) in [5.74, 6) is -1.20. The van der Waals surface area contributed by atoms with E-state index in [0.717, 1.165) is 11.3 Å². The number of nitrogens with zero attached hydrogens (tertiary/aromatic N) is 1. The van der Waals surface area contributed by atoms with Crippen LogP contribution in [-0.4, -0.2) is 54.9 Å². The number of nitrogens with one attached hydrogen (secondary N) is 1. The number of anilines is 1. The van der Waals surface area contributed by atoms with Gasteiger partial charge in [-0.05, 0) is 55.8 Å². The Labute approximate surface area is 232 Å². The van der Waals surface area contributed by atoms with Crippen LogP contribution in [0.4, 0.5) is 5.69 Å². The largest absolute Gasteiger partial charge is 0.497 e. The molecular formula is C27H26N2O8S2. The van der Waals surface area contributed by atoms with E-state index in [2.05, 4.69) is 4.98 Å². The molecule has 10 nitrogen and oxygen atoms in total. The summed E-state index contributed by atoms with van der Waals surface area (Å²) in [7, 11) is 1.54. The molecule has 1 saturated heterocycles. The number of thiazole rings is 1. The van der Waals surface area contributed by atoms with Gasteiger partial charge in [0.2, 0.25) is 11.8 Å². The van der Waals surface area contributed by atoms with Crippen LogP contribution in [0, 0.1) is 5.92 Å². The summed E-state index contributed by atoms with van der Waals surface area (Å²) >= 11 is 2.24. The van der Waals surface area contributed by atoms with E-state index in [1.165, 1.54) is 16.7 Å². The summed E-state index contributed by atoms with van der Waals surface area (Å²) in [6, 6.07) is 11.9. The van der Waals surface area contributed by atoms with Crippen molar-refractivity contribution in [1.29, 1.82) is 0 Å². The number of hydrogen-bond acceptors (Lipinski definition) is 10. The summed E-state index contributed by atoms with van der Waals surface area (Å²) < 4.78 is 21.6. The molecule has 3 aromatic rings. The monoisotopic (exact) mass is 570 g/mol. The number of thioether (sulfide) groups is 1. The van der Waals surface area contributed by atoms with Crippen molar-refractivity contribution in [2.24, 2.45) is 5.92 Å². The second-order valence-corrected chi connectivity index (χ2v) is 10.9. The number of hydrogen-bond donors (Lipinski definition) is 1. The molecule has 2 aliphatic heterocycles. The number of carbonyl (C=O) groups is 3. The van der Waals surface area contributed by atoms with Gasteiger partial charge in [-0.25, -0.2) is 9.69 Å². The van der Waals surface area contributed by atoms with Gasteiger partial charge in [0.1, 0.15) is 11.0 Å². The maximum atomic E-state index is 13.9.